The van der Waals surface area contributed by atoms with Crippen LogP contribution in [0.25, 0.3) is 0 Å². The number of rotatable bonds is 5. The molecule has 0 bridgehead atoms. The SMILES string of the molecule is CC(C)(C)c1[nH]ncc1CN1CCOCC1CC(O)c1ccccc1. The maximum atomic E-state index is 10.6. The fourth-order valence-corrected chi connectivity index (χ4v) is 3.48. The quantitative estimate of drug-likeness (QED) is 0.876. The summed E-state index contributed by atoms with van der Waals surface area (Å²) < 4.78 is 5.69. The molecule has 136 valence electrons. The predicted molar refractivity (Wildman–Crippen MR) is 98.3 cm³/mol. The fourth-order valence-electron chi connectivity index (χ4n) is 3.48. The molecule has 25 heavy (non-hydrogen) atoms. The maximum Gasteiger partial charge on any atom is 0.0805 e. The van der Waals surface area contributed by atoms with E-state index < -0.39 is 6.10 Å². The van der Waals surface area contributed by atoms with Crippen molar-refractivity contribution in [1.29, 1.82) is 0 Å². The van der Waals surface area contributed by atoms with E-state index in [1.165, 1.54) is 11.3 Å². The Morgan fingerprint density at radius 3 is 2.80 bits per heavy atom. The van der Waals surface area contributed by atoms with Gasteiger partial charge in [0, 0.05) is 35.8 Å². The highest BCUT2D eigenvalue weighted by Gasteiger charge is 2.28. The molecule has 1 saturated heterocycles. The number of hydrogen-bond acceptors (Lipinski definition) is 4. The van der Waals surface area contributed by atoms with E-state index in [1.54, 1.807) is 0 Å². The Morgan fingerprint density at radius 2 is 2.08 bits per heavy atom. The molecule has 5 nitrogen and oxygen atoms in total. The van der Waals surface area contributed by atoms with Crippen LogP contribution in [0.5, 0.6) is 0 Å². The summed E-state index contributed by atoms with van der Waals surface area (Å²) in [6.07, 6.45) is 2.13. The largest absolute Gasteiger partial charge is 0.388 e. The lowest BCUT2D eigenvalue weighted by Gasteiger charge is -2.37. The van der Waals surface area contributed by atoms with Gasteiger partial charge in [0.2, 0.25) is 0 Å². The second-order valence-corrected chi connectivity index (χ2v) is 7.88. The normalized spacial score (nSPS) is 20.6. The van der Waals surface area contributed by atoms with Crippen molar-refractivity contribution in [3.63, 3.8) is 0 Å². The summed E-state index contributed by atoms with van der Waals surface area (Å²) in [6, 6.07) is 10.1. The number of aromatic amines is 1. The Balaban J connectivity index is 1.70. The van der Waals surface area contributed by atoms with Gasteiger partial charge in [0.1, 0.15) is 0 Å². The van der Waals surface area contributed by atoms with E-state index in [4.69, 9.17) is 4.74 Å². The summed E-state index contributed by atoms with van der Waals surface area (Å²) in [5, 5.41) is 18.0. The van der Waals surface area contributed by atoms with Gasteiger partial charge in [-0.3, -0.25) is 10.00 Å². The second-order valence-electron chi connectivity index (χ2n) is 7.88. The zero-order valence-electron chi connectivity index (χ0n) is 15.4. The smallest absolute Gasteiger partial charge is 0.0805 e. The van der Waals surface area contributed by atoms with Crippen LogP contribution in [0.3, 0.4) is 0 Å². The van der Waals surface area contributed by atoms with Crippen molar-refractivity contribution in [1.82, 2.24) is 15.1 Å². The van der Waals surface area contributed by atoms with Gasteiger partial charge in [-0.1, -0.05) is 51.1 Å². The number of nitrogens with one attached hydrogen (secondary N) is 1. The van der Waals surface area contributed by atoms with Crippen LogP contribution in [0.1, 0.15) is 50.1 Å². The monoisotopic (exact) mass is 343 g/mol. The van der Waals surface area contributed by atoms with Gasteiger partial charge in [0.25, 0.3) is 0 Å². The Hall–Kier alpha value is -1.69. The molecule has 2 heterocycles. The minimum absolute atomic E-state index is 0.0389. The third kappa shape index (κ3) is 4.48. The van der Waals surface area contributed by atoms with E-state index in [9.17, 15) is 5.11 Å². The van der Waals surface area contributed by atoms with Crippen LogP contribution in [0.2, 0.25) is 0 Å². The average Bonchev–Trinajstić information content (AvgIpc) is 3.06. The highest BCUT2D eigenvalue weighted by molar-refractivity contribution is 5.23. The number of hydrogen-bond donors (Lipinski definition) is 2. The molecule has 0 amide bonds. The van der Waals surface area contributed by atoms with Crippen LogP contribution in [-0.2, 0) is 16.7 Å². The molecule has 1 aromatic heterocycles. The summed E-state index contributed by atoms with van der Waals surface area (Å²) in [4.78, 5) is 2.41. The third-order valence-electron chi connectivity index (χ3n) is 4.87. The Labute approximate surface area is 150 Å². The van der Waals surface area contributed by atoms with Crippen molar-refractivity contribution < 1.29 is 9.84 Å². The molecule has 2 N–H and O–H groups in total. The molecule has 0 saturated carbocycles. The molecule has 1 aliphatic rings. The van der Waals surface area contributed by atoms with Crippen LogP contribution in [0, 0.1) is 0 Å². The van der Waals surface area contributed by atoms with Crippen LogP contribution in [0.4, 0.5) is 0 Å². The van der Waals surface area contributed by atoms with Crippen molar-refractivity contribution in [2.75, 3.05) is 19.8 Å². The average molecular weight is 343 g/mol. The fraction of sp³-hybridized carbons (Fsp3) is 0.550. The minimum atomic E-state index is -0.471. The van der Waals surface area contributed by atoms with Crippen LogP contribution < -0.4 is 0 Å². The van der Waals surface area contributed by atoms with E-state index in [0.29, 0.717) is 13.0 Å². The maximum absolute atomic E-state index is 10.6. The minimum Gasteiger partial charge on any atom is -0.388 e. The molecule has 0 spiro atoms. The number of nitrogens with zero attached hydrogens (tertiary/aromatic N) is 2. The van der Waals surface area contributed by atoms with Crippen LogP contribution in [-0.4, -0.2) is 46.0 Å². The van der Waals surface area contributed by atoms with Gasteiger partial charge >= 0.3 is 0 Å². The summed E-state index contributed by atoms with van der Waals surface area (Å²) in [5.74, 6) is 0. The molecule has 3 rings (SSSR count). The Bertz CT molecular complexity index is 663. The summed E-state index contributed by atoms with van der Waals surface area (Å²) >= 11 is 0. The van der Waals surface area contributed by atoms with Crippen LogP contribution in [0.15, 0.2) is 36.5 Å². The lowest BCUT2D eigenvalue weighted by Crippen LogP contribution is -2.45. The van der Waals surface area contributed by atoms with E-state index in [1.807, 2.05) is 36.5 Å². The number of aliphatic hydroxyl groups is 1. The molecule has 2 atom stereocenters. The molecule has 2 aromatic rings. The number of ether oxygens (including phenoxy) is 1. The molecule has 2 unspecified atom stereocenters. The van der Waals surface area contributed by atoms with E-state index in [-0.39, 0.29) is 11.5 Å². The molecule has 0 aliphatic carbocycles. The van der Waals surface area contributed by atoms with Crippen molar-refractivity contribution in [3.8, 4) is 0 Å². The van der Waals surface area contributed by atoms with Crippen molar-refractivity contribution >= 4 is 0 Å². The first-order chi connectivity index (χ1) is 11.9. The number of H-pyrrole nitrogens is 1. The molecule has 0 radical (unpaired) electrons. The summed E-state index contributed by atoms with van der Waals surface area (Å²) in [6.45, 7) is 9.69. The predicted octanol–water partition coefficient (Wildman–Crippen LogP) is 3.03. The Morgan fingerprint density at radius 1 is 1.32 bits per heavy atom. The number of aromatic nitrogens is 2. The zero-order chi connectivity index (χ0) is 17.9. The van der Waals surface area contributed by atoms with Gasteiger partial charge in [-0.05, 0) is 12.0 Å². The standard InChI is InChI=1S/C20H29N3O2/c1-20(2,3)19-16(12-21-22-19)13-23-9-10-25-14-17(23)11-18(24)15-7-5-4-6-8-15/h4-8,12,17-18,24H,9-11,13-14H2,1-3H3,(H,21,22). The Kier molecular flexibility index (Phi) is 5.57. The van der Waals surface area contributed by atoms with Crippen molar-refractivity contribution in [2.45, 2.75) is 51.3 Å². The highest BCUT2D eigenvalue weighted by atomic mass is 16.5. The molecular weight excluding hydrogens is 314 g/mol. The van der Waals surface area contributed by atoms with E-state index in [2.05, 4.69) is 35.9 Å². The first kappa shape index (κ1) is 18.1. The van der Waals surface area contributed by atoms with Gasteiger partial charge < -0.3 is 9.84 Å². The summed E-state index contributed by atoms with van der Waals surface area (Å²) in [5.41, 5.74) is 3.42. The molecule has 1 aromatic carbocycles. The highest BCUT2D eigenvalue weighted by Crippen LogP contribution is 2.27. The van der Waals surface area contributed by atoms with Crippen LogP contribution >= 0.6 is 0 Å². The number of morpholine rings is 1. The van der Waals surface area contributed by atoms with Crippen molar-refractivity contribution in [2.24, 2.45) is 0 Å². The van der Waals surface area contributed by atoms with E-state index in [0.717, 1.165) is 25.3 Å². The first-order valence-corrected chi connectivity index (χ1v) is 9.02. The molecule has 1 fully saturated rings. The second kappa shape index (κ2) is 7.68. The van der Waals surface area contributed by atoms with Crippen molar-refractivity contribution in [3.05, 3.63) is 53.3 Å². The van der Waals surface area contributed by atoms with Gasteiger partial charge in [-0.25, -0.2) is 0 Å². The lowest BCUT2D eigenvalue weighted by molar-refractivity contribution is -0.0301. The molecule has 5 heteroatoms. The van der Waals surface area contributed by atoms with Gasteiger partial charge in [-0.15, -0.1) is 0 Å². The number of benzene rings is 1. The first-order valence-electron chi connectivity index (χ1n) is 9.02. The lowest BCUT2D eigenvalue weighted by atomic mass is 9.89. The van der Waals surface area contributed by atoms with Gasteiger partial charge in [0.15, 0.2) is 0 Å². The molecule has 1 aliphatic heterocycles. The van der Waals surface area contributed by atoms with E-state index >= 15 is 0 Å². The number of aliphatic hydroxyl groups excluding tert-OH is 1. The zero-order valence-corrected chi connectivity index (χ0v) is 15.4. The molecular formula is C20H29N3O2. The third-order valence-corrected chi connectivity index (χ3v) is 4.87. The summed E-state index contributed by atoms with van der Waals surface area (Å²) in [7, 11) is 0. The van der Waals surface area contributed by atoms with Gasteiger partial charge in [0.05, 0.1) is 25.5 Å². The van der Waals surface area contributed by atoms with Gasteiger partial charge in [-0.2, -0.15) is 5.10 Å². The topological polar surface area (TPSA) is 61.4 Å².